The van der Waals surface area contributed by atoms with Gasteiger partial charge in [0, 0.05) is 30.9 Å². The Kier molecular flexibility index (Phi) is 5.77. The zero-order valence-electron chi connectivity index (χ0n) is 17.0. The maximum atomic E-state index is 13.3. The van der Waals surface area contributed by atoms with E-state index in [1.165, 1.54) is 19.2 Å². The van der Waals surface area contributed by atoms with Gasteiger partial charge in [0.1, 0.15) is 11.5 Å². The van der Waals surface area contributed by atoms with Crippen LogP contribution in [0.25, 0.3) is 11.0 Å². The van der Waals surface area contributed by atoms with Crippen molar-refractivity contribution in [3.05, 3.63) is 41.7 Å². The third-order valence-electron chi connectivity index (χ3n) is 4.96. The molecule has 1 aliphatic rings. The van der Waals surface area contributed by atoms with Crippen LogP contribution in [0.3, 0.4) is 0 Å². The Hall–Kier alpha value is -3.21. The first-order valence-corrected chi connectivity index (χ1v) is 9.69. The second-order valence-corrected chi connectivity index (χ2v) is 7.08. The van der Waals surface area contributed by atoms with Gasteiger partial charge in [-0.15, -0.1) is 0 Å². The normalized spacial score (nSPS) is 17.1. The highest BCUT2D eigenvalue weighted by Crippen LogP contribution is 2.31. The Labute approximate surface area is 176 Å². The van der Waals surface area contributed by atoms with Gasteiger partial charge >= 0.3 is 6.18 Å². The average Bonchev–Trinajstić information content (AvgIpc) is 2.76. The zero-order valence-corrected chi connectivity index (χ0v) is 17.0. The standard InChI is InChI=1S/C20H21F3N6O2/c1-12-11-31-9-8-29(12)19-27-17(14-5-6-15(30-2)26-18(14)28-19)25-10-13-4-3-7-24-16(13)20(21,22)23/h3-7,12H,8-11H2,1-2H3,(H,25,26,27,28). The molecule has 0 amide bonds. The predicted molar refractivity (Wildman–Crippen MR) is 108 cm³/mol. The van der Waals surface area contributed by atoms with E-state index in [0.717, 1.165) is 6.20 Å². The zero-order chi connectivity index (χ0) is 22.0. The van der Waals surface area contributed by atoms with Crippen molar-refractivity contribution in [2.75, 3.05) is 37.1 Å². The van der Waals surface area contributed by atoms with Gasteiger partial charge in [0.05, 0.1) is 31.8 Å². The highest BCUT2D eigenvalue weighted by molar-refractivity contribution is 5.88. The van der Waals surface area contributed by atoms with Gasteiger partial charge in [-0.2, -0.15) is 28.1 Å². The van der Waals surface area contributed by atoms with Crippen molar-refractivity contribution in [1.29, 1.82) is 0 Å². The number of hydrogen-bond acceptors (Lipinski definition) is 8. The molecule has 1 saturated heterocycles. The number of fused-ring (bicyclic) bond motifs is 1. The molecule has 1 aliphatic heterocycles. The molecule has 8 nitrogen and oxygen atoms in total. The Morgan fingerprint density at radius 3 is 2.81 bits per heavy atom. The number of morpholine rings is 1. The van der Waals surface area contributed by atoms with E-state index < -0.39 is 11.9 Å². The van der Waals surface area contributed by atoms with Gasteiger partial charge in [-0.25, -0.2) is 0 Å². The third kappa shape index (κ3) is 4.46. The fourth-order valence-corrected chi connectivity index (χ4v) is 3.40. The molecule has 1 atom stereocenters. The number of aromatic nitrogens is 4. The monoisotopic (exact) mass is 434 g/mol. The van der Waals surface area contributed by atoms with E-state index in [0.29, 0.717) is 48.4 Å². The first-order chi connectivity index (χ1) is 14.9. The molecule has 0 spiro atoms. The lowest BCUT2D eigenvalue weighted by molar-refractivity contribution is -0.141. The molecular weight excluding hydrogens is 413 g/mol. The van der Waals surface area contributed by atoms with Crippen LogP contribution in [-0.2, 0) is 17.5 Å². The van der Waals surface area contributed by atoms with Crippen LogP contribution in [0.1, 0.15) is 18.2 Å². The number of pyridine rings is 2. The molecule has 1 unspecified atom stereocenters. The molecule has 4 heterocycles. The number of rotatable bonds is 5. The van der Waals surface area contributed by atoms with Gasteiger partial charge in [-0.1, -0.05) is 6.07 Å². The fourth-order valence-electron chi connectivity index (χ4n) is 3.40. The number of alkyl halides is 3. The van der Waals surface area contributed by atoms with Crippen molar-refractivity contribution < 1.29 is 22.6 Å². The molecule has 0 bridgehead atoms. The van der Waals surface area contributed by atoms with Gasteiger partial charge in [0.25, 0.3) is 0 Å². The Morgan fingerprint density at radius 1 is 1.23 bits per heavy atom. The summed E-state index contributed by atoms with van der Waals surface area (Å²) in [5.41, 5.74) is -0.528. The van der Waals surface area contributed by atoms with Crippen LogP contribution in [0.2, 0.25) is 0 Å². The Morgan fingerprint density at radius 2 is 2.06 bits per heavy atom. The number of ether oxygens (including phenoxy) is 2. The molecule has 164 valence electrons. The molecule has 0 aliphatic carbocycles. The summed E-state index contributed by atoms with van der Waals surface area (Å²) in [6, 6.07) is 6.28. The lowest BCUT2D eigenvalue weighted by Gasteiger charge is -2.33. The summed E-state index contributed by atoms with van der Waals surface area (Å²) in [6.07, 6.45) is -3.42. The largest absolute Gasteiger partial charge is 0.481 e. The van der Waals surface area contributed by atoms with Crippen molar-refractivity contribution in [3.63, 3.8) is 0 Å². The molecule has 1 N–H and O–H groups in total. The van der Waals surface area contributed by atoms with Gasteiger partial charge in [0.2, 0.25) is 11.8 Å². The minimum atomic E-state index is -4.55. The molecule has 0 radical (unpaired) electrons. The maximum absolute atomic E-state index is 13.3. The van der Waals surface area contributed by atoms with Crippen LogP contribution in [0.4, 0.5) is 24.9 Å². The fraction of sp³-hybridized carbons (Fsp3) is 0.400. The average molecular weight is 434 g/mol. The molecule has 1 fully saturated rings. The van der Waals surface area contributed by atoms with Crippen LogP contribution >= 0.6 is 0 Å². The number of anilines is 2. The van der Waals surface area contributed by atoms with E-state index in [1.807, 2.05) is 11.8 Å². The topological polar surface area (TPSA) is 85.3 Å². The molecule has 0 aromatic carbocycles. The summed E-state index contributed by atoms with van der Waals surface area (Å²) in [5, 5.41) is 3.59. The van der Waals surface area contributed by atoms with E-state index in [-0.39, 0.29) is 18.2 Å². The van der Waals surface area contributed by atoms with Crippen LogP contribution < -0.4 is 15.0 Å². The first kappa shape index (κ1) is 21.0. The lowest BCUT2D eigenvalue weighted by Crippen LogP contribution is -2.44. The number of nitrogens with zero attached hydrogens (tertiary/aromatic N) is 5. The van der Waals surface area contributed by atoms with Crippen LogP contribution in [0, 0.1) is 0 Å². The molecule has 0 saturated carbocycles. The lowest BCUT2D eigenvalue weighted by atomic mass is 10.2. The van der Waals surface area contributed by atoms with Crippen LogP contribution in [0.5, 0.6) is 5.88 Å². The van der Waals surface area contributed by atoms with Gasteiger partial charge in [0.15, 0.2) is 5.65 Å². The van der Waals surface area contributed by atoms with E-state index in [4.69, 9.17) is 9.47 Å². The summed E-state index contributed by atoms with van der Waals surface area (Å²) in [6.45, 7) is 3.53. The Balaban J connectivity index is 1.73. The van der Waals surface area contributed by atoms with Crippen molar-refractivity contribution >= 4 is 22.8 Å². The summed E-state index contributed by atoms with van der Waals surface area (Å²) in [4.78, 5) is 19.0. The molecular formula is C20H21F3N6O2. The molecule has 3 aromatic heterocycles. The smallest absolute Gasteiger partial charge is 0.433 e. The first-order valence-electron chi connectivity index (χ1n) is 9.69. The third-order valence-corrected chi connectivity index (χ3v) is 4.96. The van der Waals surface area contributed by atoms with E-state index >= 15 is 0 Å². The van der Waals surface area contributed by atoms with Gasteiger partial charge in [-0.3, -0.25) is 4.98 Å². The van der Waals surface area contributed by atoms with Crippen molar-refractivity contribution in [3.8, 4) is 5.88 Å². The number of hydrogen-bond donors (Lipinski definition) is 1. The summed E-state index contributed by atoms with van der Waals surface area (Å²) >= 11 is 0. The summed E-state index contributed by atoms with van der Waals surface area (Å²) in [7, 11) is 1.50. The SMILES string of the molecule is COc1ccc2c(NCc3cccnc3C(F)(F)F)nc(N3CCOCC3C)nc2n1. The minimum Gasteiger partial charge on any atom is -0.481 e. The Bertz CT molecular complexity index is 1080. The van der Waals surface area contributed by atoms with E-state index in [9.17, 15) is 13.2 Å². The number of nitrogens with one attached hydrogen (secondary N) is 1. The highest BCUT2D eigenvalue weighted by atomic mass is 19.4. The second kappa shape index (κ2) is 8.50. The maximum Gasteiger partial charge on any atom is 0.433 e. The second-order valence-electron chi connectivity index (χ2n) is 7.08. The highest BCUT2D eigenvalue weighted by Gasteiger charge is 2.35. The molecule has 31 heavy (non-hydrogen) atoms. The molecule has 3 aromatic rings. The quantitative estimate of drug-likeness (QED) is 0.655. The summed E-state index contributed by atoms with van der Waals surface area (Å²) in [5.74, 6) is 1.18. The summed E-state index contributed by atoms with van der Waals surface area (Å²) < 4.78 is 50.6. The number of halogens is 3. The minimum absolute atomic E-state index is 0.0181. The molecule has 4 rings (SSSR count). The number of methoxy groups -OCH3 is 1. The van der Waals surface area contributed by atoms with Crippen molar-refractivity contribution in [1.82, 2.24) is 19.9 Å². The van der Waals surface area contributed by atoms with Crippen LogP contribution in [0.15, 0.2) is 30.5 Å². The van der Waals surface area contributed by atoms with Gasteiger partial charge in [-0.05, 0) is 19.1 Å². The van der Waals surface area contributed by atoms with Crippen LogP contribution in [-0.4, -0.2) is 52.8 Å². The molecule has 11 heteroatoms. The predicted octanol–water partition coefficient (Wildman–Crippen LogP) is 3.28. The van der Waals surface area contributed by atoms with E-state index in [2.05, 4.69) is 25.3 Å². The van der Waals surface area contributed by atoms with Crippen molar-refractivity contribution in [2.24, 2.45) is 0 Å². The van der Waals surface area contributed by atoms with Gasteiger partial charge < -0.3 is 19.7 Å². The van der Waals surface area contributed by atoms with E-state index in [1.54, 1.807) is 12.1 Å². The van der Waals surface area contributed by atoms with Crippen molar-refractivity contribution in [2.45, 2.75) is 25.7 Å².